The summed E-state index contributed by atoms with van der Waals surface area (Å²) >= 11 is 1.48. The van der Waals surface area contributed by atoms with Crippen LogP contribution in [0.25, 0.3) is 10.1 Å². The highest BCUT2D eigenvalue weighted by Gasteiger charge is 2.16. The molecule has 1 aromatic heterocycles. The summed E-state index contributed by atoms with van der Waals surface area (Å²) in [5, 5.41) is 3.92. The number of aryl methyl sites for hydroxylation is 1. The summed E-state index contributed by atoms with van der Waals surface area (Å²) in [6, 6.07) is 5.98. The molecule has 3 N–H and O–H groups in total. The molecule has 4 nitrogen and oxygen atoms in total. The molecule has 0 aliphatic carbocycles. The molecule has 108 valence electrons. The van der Waals surface area contributed by atoms with Gasteiger partial charge in [-0.05, 0) is 39.5 Å². The Balaban J connectivity index is 2.11. The maximum atomic E-state index is 12.2. The minimum Gasteiger partial charge on any atom is -0.397 e. The van der Waals surface area contributed by atoms with Crippen LogP contribution in [0.4, 0.5) is 5.69 Å². The number of benzene rings is 1. The normalized spacial score (nSPS) is 11.2. The zero-order valence-corrected chi connectivity index (χ0v) is 13.0. The molecule has 1 aromatic carbocycles. The van der Waals surface area contributed by atoms with Gasteiger partial charge in [-0.25, -0.2) is 0 Å². The summed E-state index contributed by atoms with van der Waals surface area (Å²) in [5.41, 5.74) is 7.86. The molecule has 0 bridgehead atoms. The third kappa shape index (κ3) is 3.11. The fourth-order valence-electron chi connectivity index (χ4n) is 2.13. The zero-order valence-electron chi connectivity index (χ0n) is 12.2. The average Bonchev–Trinajstić information content (AvgIpc) is 2.74. The van der Waals surface area contributed by atoms with Crippen LogP contribution in [-0.4, -0.2) is 38.0 Å². The summed E-state index contributed by atoms with van der Waals surface area (Å²) in [7, 11) is 4.04. The number of hydrogen-bond donors (Lipinski definition) is 2. The fourth-order valence-corrected chi connectivity index (χ4v) is 3.23. The molecule has 0 unspecified atom stereocenters. The number of anilines is 1. The molecule has 1 heterocycles. The summed E-state index contributed by atoms with van der Waals surface area (Å²) in [4.78, 5) is 14.9. The van der Waals surface area contributed by atoms with Crippen molar-refractivity contribution in [2.75, 3.05) is 32.9 Å². The number of nitrogens with two attached hydrogens (primary N) is 1. The molecular formula is C15H21N3OS. The Kier molecular flexibility index (Phi) is 4.62. The molecule has 2 rings (SSSR count). The van der Waals surface area contributed by atoms with Gasteiger partial charge in [0.2, 0.25) is 0 Å². The van der Waals surface area contributed by atoms with E-state index in [-0.39, 0.29) is 5.91 Å². The van der Waals surface area contributed by atoms with Crippen molar-refractivity contribution in [2.24, 2.45) is 0 Å². The van der Waals surface area contributed by atoms with E-state index in [0.717, 1.165) is 28.6 Å². The van der Waals surface area contributed by atoms with Crippen molar-refractivity contribution in [3.8, 4) is 0 Å². The Hall–Kier alpha value is -1.59. The largest absolute Gasteiger partial charge is 0.397 e. The van der Waals surface area contributed by atoms with Crippen LogP contribution in [-0.2, 0) is 0 Å². The lowest BCUT2D eigenvalue weighted by atomic mass is 10.1. The van der Waals surface area contributed by atoms with E-state index < -0.39 is 0 Å². The van der Waals surface area contributed by atoms with E-state index in [2.05, 4.69) is 10.2 Å². The first-order valence-electron chi connectivity index (χ1n) is 6.71. The van der Waals surface area contributed by atoms with Gasteiger partial charge in [-0.1, -0.05) is 18.2 Å². The average molecular weight is 291 g/mol. The first-order valence-corrected chi connectivity index (χ1v) is 7.53. The molecule has 0 aliphatic heterocycles. The summed E-state index contributed by atoms with van der Waals surface area (Å²) in [5.74, 6) is -0.0677. The van der Waals surface area contributed by atoms with Crippen LogP contribution in [0.15, 0.2) is 18.2 Å². The second kappa shape index (κ2) is 6.24. The quantitative estimate of drug-likeness (QED) is 0.832. The van der Waals surface area contributed by atoms with Crippen molar-refractivity contribution >= 4 is 33.0 Å². The monoisotopic (exact) mass is 291 g/mol. The van der Waals surface area contributed by atoms with E-state index in [1.165, 1.54) is 11.3 Å². The maximum Gasteiger partial charge on any atom is 0.263 e. The van der Waals surface area contributed by atoms with Gasteiger partial charge in [0.25, 0.3) is 5.91 Å². The zero-order chi connectivity index (χ0) is 14.7. The summed E-state index contributed by atoms with van der Waals surface area (Å²) in [6.45, 7) is 3.67. The topological polar surface area (TPSA) is 58.4 Å². The minimum atomic E-state index is -0.0677. The highest BCUT2D eigenvalue weighted by molar-refractivity contribution is 7.21. The number of thiophene rings is 1. The van der Waals surface area contributed by atoms with Gasteiger partial charge in [-0.3, -0.25) is 4.79 Å². The number of amides is 1. The molecule has 0 spiro atoms. The molecule has 20 heavy (non-hydrogen) atoms. The van der Waals surface area contributed by atoms with E-state index >= 15 is 0 Å². The number of carbonyl (C=O) groups excluding carboxylic acids is 1. The van der Waals surface area contributed by atoms with Crippen molar-refractivity contribution in [3.05, 3.63) is 28.6 Å². The van der Waals surface area contributed by atoms with E-state index in [0.29, 0.717) is 17.1 Å². The molecule has 0 aliphatic rings. The van der Waals surface area contributed by atoms with Crippen molar-refractivity contribution in [1.29, 1.82) is 0 Å². The predicted octanol–water partition coefficient (Wildman–Crippen LogP) is 2.47. The van der Waals surface area contributed by atoms with Gasteiger partial charge in [0.15, 0.2) is 0 Å². The molecule has 2 aromatic rings. The van der Waals surface area contributed by atoms with Crippen LogP contribution in [0.2, 0.25) is 0 Å². The lowest BCUT2D eigenvalue weighted by Gasteiger charge is -2.09. The molecule has 5 heteroatoms. The van der Waals surface area contributed by atoms with Gasteiger partial charge in [0.1, 0.15) is 4.88 Å². The van der Waals surface area contributed by atoms with Crippen LogP contribution in [0.3, 0.4) is 0 Å². The van der Waals surface area contributed by atoms with E-state index in [4.69, 9.17) is 5.73 Å². The highest BCUT2D eigenvalue weighted by atomic mass is 32.1. The third-order valence-corrected chi connectivity index (χ3v) is 4.58. The van der Waals surface area contributed by atoms with Crippen molar-refractivity contribution in [3.63, 3.8) is 0 Å². The number of rotatable bonds is 5. The first kappa shape index (κ1) is 14.8. The Morgan fingerprint density at radius 3 is 2.80 bits per heavy atom. The van der Waals surface area contributed by atoms with Crippen molar-refractivity contribution in [1.82, 2.24) is 10.2 Å². The highest BCUT2D eigenvalue weighted by Crippen LogP contribution is 2.35. The predicted molar refractivity (Wildman–Crippen MR) is 86.5 cm³/mol. The van der Waals surface area contributed by atoms with Crippen LogP contribution in [0, 0.1) is 6.92 Å². The SMILES string of the molecule is Cc1cccc2c(N)c(C(=O)NCCCN(C)C)sc12. The third-order valence-electron chi connectivity index (χ3n) is 3.22. The molecule has 0 radical (unpaired) electrons. The fraction of sp³-hybridized carbons (Fsp3) is 0.400. The lowest BCUT2D eigenvalue weighted by Crippen LogP contribution is -2.27. The standard InChI is InChI=1S/C15H21N3OS/c1-10-6-4-7-11-12(16)14(20-13(10)11)15(19)17-8-5-9-18(2)3/h4,6-7H,5,8-9,16H2,1-3H3,(H,17,19). The summed E-state index contributed by atoms with van der Waals surface area (Å²) in [6.07, 6.45) is 0.933. The number of nitrogens with one attached hydrogen (secondary N) is 1. The Bertz CT molecular complexity index is 619. The smallest absolute Gasteiger partial charge is 0.263 e. The van der Waals surface area contributed by atoms with Gasteiger partial charge in [-0.2, -0.15) is 0 Å². The van der Waals surface area contributed by atoms with Gasteiger partial charge < -0.3 is 16.0 Å². The minimum absolute atomic E-state index is 0.0677. The number of nitrogen functional groups attached to an aromatic ring is 1. The van der Waals surface area contributed by atoms with Crippen molar-refractivity contribution < 1.29 is 4.79 Å². The number of hydrogen-bond acceptors (Lipinski definition) is 4. The molecule has 1 amide bonds. The molecule has 0 fully saturated rings. The second-order valence-corrected chi connectivity index (χ2v) is 6.23. The first-order chi connectivity index (χ1) is 9.50. The Morgan fingerprint density at radius 1 is 1.40 bits per heavy atom. The molecule has 0 saturated carbocycles. The van der Waals surface area contributed by atoms with E-state index in [1.54, 1.807) is 0 Å². The van der Waals surface area contributed by atoms with Gasteiger partial charge in [0, 0.05) is 16.6 Å². The number of fused-ring (bicyclic) bond motifs is 1. The van der Waals surface area contributed by atoms with Crippen LogP contribution in [0.5, 0.6) is 0 Å². The van der Waals surface area contributed by atoms with Crippen LogP contribution in [0.1, 0.15) is 21.7 Å². The van der Waals surface area contributed by atoms with Gasteiger partial charge in [-0.15, -0.1) is 11.3 Å². The van der Waals surface area contributed by atoms with Crippen molar-refractivity contribution in [2.45, 2.75) is 13.3 Å². The van der Waals surface area contributed by atoms with Crippen LogP contribution < -0.4 is 11.1 Å². The van der Waals surface area contributed by atoms with E-state index in [1.807, 2.05) is 39.2 Å². The number of carbonyl (C=O) groups is 1. The maximum absolute atomic E-state index is 12.2. The lowest BCUT2D eigenvalue weighted by molar-refractivity contribution is 0.0957. The van der Waals surface area contributed by atoms with Gasteiger partial charge in [0.05, 0.1) is 5.69 Å². The van der Waals surface area contributed by atoms with Gasteiger partial charge >= 0.3 is 0 Å². The molecular weight excluding hydrogens is 270 g/mol. The molecule has 0 saturated heterocycles. The molecule has 0 atom stereocenters. The number of nitrogens with zero attached hydrogens (tertiary/aromatic N) is 1. The summed E-state index contributed by atoms with van der Waals surface area (Å²) < 4.78 is 1.10. The van der Waals surface area contributed by atoms with Crippen LogP contribution >= 0.6 is 11.3 Å². The Labute approximate surface area is 123 Å². The van der Waals surface area contributed by atoms with E-state index in [9.17, 15) is 4.79 Å². The Morgan fingerprint density at radius 2 is 2.15 bits per heavy atom. The second-order valence-electron chi connectivity index (χ2n) is 5.21.